The fourth-order valence-corrected chi connectivity index (χ4v) is 2.07. The Bertz CT molecular complexity index is 257. The minimum absolute atomic E-state index is 0.290. The molecule has 0 bridgehead atoms. The fourth-order valence-electron chi connectivity index (χ4n) is 2.07. The molecule has 3 N–H and O–H groups in total. The van der Waals surface area contributed by atoms with Gasteiger partial charge in [0.05, 0.1) is 5.54 Å². The van der Waals surface area contributed by atoms with Crippen LogP contribution in [0.4, 0.5) is 0 Å². The average Bonchev–Trinajstić information content (AvgIpc) is 2.28. The summed E-state index contributed by atoms with van der Waals surface area (Å²) in [4.78, 5) is 16.0. The Balaban J connectivity index is 4.42. The lowest BCUT2D eigenvalue weighted by atomic mass is 9.96. The summed E-state index contributed by atoms with van der Waals surface area (Å²) in [5, 5.41) is 3.03. The van der Waals surface area contributed by atoms with Crippen LogP contribution in [0.2, 0.25) is 0 Å². The predicted molar refractivity (Wildman–Crippen MR) is 76.5 cm³/mol. The van der Waals surface area contributed by atoms with Crippen LogP contribution in [0.25, 0.3) is 0 Å². The minimum atomic E-state index is -0.620. The molecule has 0 radical (unpaired) electrons. The van der Waals surface area contributed by atoms with Crippen molar-refractivity contribution in [3.63, 3.8) is 0 Å². The van der Waals surface area contributed by atoms with Gasteiger partial charge in [-0.15, -0.1) is 0 Å². The second kappa shape index (κ2) is 7.71. The van der Waals surface area contributed by atoms with Crippen molar-refractivity contribution in [1.29, 1.82) is 0 Å². The molecule has 108 valence electrons. The van der Waals surface area contributed by atoms with Gasteiger partial charge in [0.1, 0.15) is 0 Å². The summed E-state index contributed by atoms with van der Waals surface area (Å²) < 4.78 is 0. The van der Waals surface area contributed by atoms with Gasteiger partial charge in [0.25, 0.3) is 0 Å². The topological polar surface area (TPSA) is 61.6 Å². The molecule has 2 unspecified atom stereocenters. The Morgan fingerprint density at radius 3 is 2.33 bits per heavy atom. The molecular formula is C13H30N4O. The smallest absolute Gasteiger partial charge is 0.237 e. The largest absolute Gasteiger partial charge is 0.368 e. The second-order valence-electron chi connectivity index (χ2n) is 5.44. The van der Waals surface area contributed by atoms with Crippen LogP contribution < -0.4 is 11.1 Å². The summed E-state index contributed by atoms with van der Waals surface area (Å²) in [6.07, 6.45) is 0.727. The van der Waals surface area contributed by atoms with Crippen LogP contribution in [0.3, 0.4) is 0 Å². The zero-order valence-corrected chi connectivity index (χ0v) is 12.8. The molecule has 18 heavy (non-hydrogen) atoms. The molecule has 5 heteroatoms. The SMILES string of the molecule is CCN(CCC(C)(NC)C(N)=O)C(C)CN(C)C. The molecule has 0 aromatic carbocycles. The Labute approximate surface area is 112 Å². The molecular weight excluding hydrogens is 228 g/mol. The first kappa shape index (κ1) is 17.4. The van der Waals surface area contributed by atoms with Crippen LogP contribution in [0.15, 0.2) is 0 Å². The van der Waals surface area contributed by atoms with Crippen molar-refractivity contribution < 1.29 is 4.79 Å². The molecule has 0 saturated heterocycles. The molecule has 0 aromatic heterocycles. The maximum absolute atomic E-state index is 11.4. The Morgan fingerprint density at radius 1 is 1.44 bits per heavy atom. The third-order valence-corrected chi connectivity index (χ3v) is 3.65. The highest BCUT2D eigenvalue weighted by molar-refractivity contribution is 5.84. The third kappa shape index (κ3) is 5.33. The lowest BCUT2D eigenvalue weighted by molar-refractivity contribution is -0.124. The van der Waals surface area contributed by atoms with Crippen molar-refractivity contribution in [2.45, 2.75) is 38.8 Å². The Hall–Kier alpha value is -0.650. The summed E-state index contributed by atoms with van der Waals surface area (Å²) in [5.41, 5.74) is 4.82. The number of likely N-dealkylation sites (N-methyl/N-ethyl adjacent to an activating group) is 3. The highest BCUT2D eigenvalue weighted by atomic mass is 16.1. The van der Waals surface area contributed by atoms with Crippen LogP contribution in [-0.4, -0.2) is 68.1 Å². The summed E-state index contributed by atoms with van der Waals surface area (Å²) >= 11 is 0. The highest BCUT2D eigenvalue weighted by Crippen LogP contribution is 2.11. The number of nitrogens with zero attached hydrogens (tertiary/aromatic N) is 2. The van der Waals surface area contributed by atoms with Crippen LogP contribution in [0, 0.1) is 0 Å². The number of rotatable bonds is 9. The molecule has 0 fully saturated rings. The number of hydrogen-bond donors (Lipinski definition) is 2. The Morgan fingerprint density at radius 2 is 2.00 bits per heavy atom. The molecule has 2 atom stereocenters. The zero-order chi connectivity index (χ0) is 14.3. The van der Waals surface area contributed by atoms with Crippen molar-refractivity contribution in [2.75, 3.05) is 40.8 Å². The van der Waals surface area contributed by atoms with Gasteiger partial charge in [0, 0.05) is 19.1 Å². The van der Waals surface area contributed by atoms with E-state index in [1.54, 1.807) is 7.05 Å². The zero-order valence-electron chi connectivity index (χ0n) is 12.8. The molecule has 0 aromatic rings. The van der Waals surface area contributed by atoms with Crippen molar-refractivity contribution >= 4 is 5.91 Å². The summed E-state index contributed by atoms with van der Waals surface area (Å²) in [6.45, 7) is 9.08. The number of nitrogens with two attached hydrogens (primary N) is 1. The van der Waals surface area contributed by atoms with E-state index in [1.807, 2.05) is 6.92 Å². The second-order valence-corrected chi connectivity index (χ2v) is 5.44. The number of carbonyl (C=O) groups is 1. The monoisotopic (exact) mass is 258 g/mol. The van der Waals surface area contributed by atoms with Gasteiger partial charge in [0.15, 0.2) is 0 Å². The van der Waals surface area contributed by atoms with E-state index in [0.717, 1.165) is 26.1 Å². The van der Waals surface area contributed by atoms with Crippen LogP contribution in [-0.2, 0) is 4.79 Å². The average molecular weight is 258 g/mol. The van der Waals surface area contributed by atoms with Gasteiger partial charge in [-0.1, -0.05) is 6.92 Å². The van der Waals surface area contributed by atoms with Crippen molar-refractivity contribution in [3.05, 3.63) is 0 Å². The van der Waals surface area contributed by atoms with Gasteiger partial charge in [-0.2, -0.15) is 0 Å². The van der Waals surface area contributed by atoms with Crippen molar-refractivity contribution in [3.8, 4) is 0 Å². The van der Waals surface area contributed by atoms with Gasteiger partial charge >= 0.3 is 0 Å². The third-order valence-electron chi connectivity index (χ3n) is 3.65. The predicted octanol–water partition coefficient (Wildman–Crippen LogP) is 0.112. The van der Waals surface area contributed by atoms with E-state index in [2.05, 4.69) is 43.1 Å². The van der Waals surface area contributed by atoms with Gasteiger partial charge in [-0.25, -0.2) is 0 Å². The minimum Gasteiger partial charge on any atom is -0.368 e. The fraction of sp³-hybridized carbons (Fsp3) is 0.923. The number of primary amides is 1. The van der Waals surface area contributed by atoms with Gasteiger partial charge < -0.3 is 16.0 Å². The van der Waals surface area contributed by atoms with E-state index < -0.39 is 5.54 Å². The molecule has 0 rings (SSSR count). The van der Waals surface area contributed by atoms with Crippen LogP contribution >= 0.6 is 0 Å². The highest BCUT2D eigenvalue weighted by Gasteiger charge is 2.29. The molecule has 0 saturated carbocycles. The lowest BCUT2D eigenvalue weighted by Crippen LogP contribution is -2.54. The molecule has 0 heterocycles. The molecule has 0 aliphatic carbocycles. The van der Waals surface area contributed by atoms with Crippen LogP contribution in [0.5, 0.6) is 0 Å². The maximum Gasteiger partial charge on any atom is 0.237 e. The lowest BCUT2D eigenvalue weighted by Gasteiger charge is -2.33. The number of nitrogens with one attached hydrogen (secondary N) is 1. The van der Waals surface area contributed by atoms with E-state index in [-0.39, 0.29) is 5.91 Å². The number of carbonyl (C=O) groups excluding carboxylic acids is 1. The molecule has 5 nitrogen and oxygen atoms in total. The first-order valence-electron chi connectivity index (χ1n) is 6.64. The summed E-state index contributed by atoms with van der Waals surface area (Å²) in [7, 11) is 5.93. The number of hydrogen-bond acceptors (Lipinski definition) is 4. The normalized spacial score (nSPS) is 16.9. The molecule has 0 aliphatic heterocycles. The van der Waals surface area contributed by atoms with E-state index in [1.165, 1.54) is 0 Å². The quantitative estimate of drug-likeness (QED) is 0.616. The van der Waals surface area contributed by atoms with Crippen molar-refractivity contribution in [2.24, 2.45) is 5.73 Å². The number of amides is 1. The molecule has 1 amide bonds. The van der Waals surface area contributed by atoms with Gasteiger partial charge in [0.2, 0.25) is 5.91 Å². The first-order valence-corrected chi connectivity index (χ1v) is 6.64. The van der Waals surface area contributed by atoms with Gasteiger partial charge in [-0.05, 0) is 48.0 Å². The van der Waals surface area contributed by atoms with E-state index in [0.29, 0.717) is 6.04 Å². The molecule has 0 aliphatic rings. The summed E-state index contributed by atoms with van der Waals surface area (Å²) in [5.74, 6) is -0.290. The molecule has 0 spiro atoms. The van der Waals surface area contributed by atoms with Crippen molar-refractivity contribution in [1.82, 2.24) is 15.1 Å². The standard InChI is InChI=1S/C13H30N4O/c1-7-17(11(2)10-16(5)6)9-8-13(3,15-4)12(14)18/h11,15H,7-10H2,1-6H3,(H2,14,18). The first-order chi connectivity index (χ1) is 8.26. The Kier molecular flexibility index (Phi) is 7.43. The van der Waals surface area contributed by atoms with E-state index in [4.69, 9.17) is 5.73 Å². The van der Waals surface area contributed by atoms with E-state index in [9.17, 15) is 4.79 Å². The van der Waals surface area contributed by atoms with Crippen LogP contribution in [0.1, 0.15) is 27.2 Å². The summed E-state index contributed by atoms with van der Waals surface area (Å²) in [6, 6.07) is 0.471. The van der Waals surface area contributed by atoms with E-state index >= 15 is 0 Å². The van der Waals surface area contributed by atoms with Gasteiger partial charge in [-0.3, -0.25) is 9.69 Å². The maximum atomic E-state index is 11.4.